The van der Waals surface area contributed by atoms with Crippen LogP contribution in [0.3, 0.4) is 0 Å². The highest BCUT2D eigenvalue weighted by Gasteiger charge is 2.35. The van der Waals surface area contributed by atoms with Crippen molar-refractivity contribution in [2.45, 2.75) is 180 Å². The molecule has 0 amide bonds. The lowest BCUT2D eigenvalue weighted by atomic mass is 10.0. The van der Waals surface area contributed by atoms with E-state index >= 15 is 0 Å². The standard InChI is InChI=1S/C39H68O6/c1-4-5-6-7-8-11-15-18-23-28-36-37(45-36)29-24-20-21-26-31-39(42)44-33-35(40)32-43-38(41)30-25-19-16-13-10-9-12-14-17-22-27-34(2)3/h8,11,18,20,23-24,34-37,40H,4-7,9-10,12-17,19,21-22,25-33H2,1-3H3/b11-8-,23-18-,24-20-/t35-,36?,37?/m0/s1. The molecule has 1 fully saturated rings. The summed E-state index contributed by atoms with van der Waals surface area (Å²) in [6, 6.07) is 0. The molecule has 0 aromatic rings. The number of esters is 2. The van der Waals surface area contributed by atoms with Crippen LogP contribution in [-0.4, -0.2) is 48.6 Å². The van der Waals surface area contributed by atoms with Gasteiger partial charge in [0.05, 0.1) is 12.2 Å². The van der Waals surface area contributed by atoms with Gasteiger partial charge in [-0.15, -0.1) is 0 Å². The van der Waals surface area contributed by atoms with Gasteiger partial charge in [-0.25, -0.2) is 0 Å². The minimum Gasteiger partial charge on any atom is -0.463 e. The van der Waals surface area contributed by atoms with Crippen molar-refractivity contribution in [3.05, 3.63) is 36.5 Å². The number of hydrogen-bond donors (Lipinski definition) is 1. The van der Waals surface area contributed by atoms with Gasteiger partial charge in [-0.1, -0.05) is 134 Å². The quantitative estimate of drug-likeness (QED) is 0.0354. The Morgan fingerprint density at radius 2 is 1.13 bits per heavy atom. The van der Waals surface area contributed by atoms with E-state index in [0.717, 1.165) is 50.9 Å². The van der Waals surface area contributed by atoms with E-state index < -0.39 is 6.10 Å². The lowest BCUT2D eigenvalue weighted by Crippen LogP contribution is -2.25. The normalized spacial score (nSPS) is 17.2. The fourth-order valence-electron chi connectivity index (χ4n) is 5.24. The highest BCUT2D eigenvalue weighted by molar-refractivity contribution is 5.69. The molecule has 0 aromatic heterocycles. The van der Waals surface area contributed by atoms with Crippen LogP contribution >= 0.6 is 0 Å². The van der Waals surface area contributed by atoms with Gasteiger partial charge in [0.25, 0.3) is 0 Å². The van der Waals surface area contributed by atoms with E-state index in [2.05, 4.69) is 57.2 Å². The van der Waals surface area contributed by atoms with Crippen LogP contribution in [0.15, 0.2) is 36.5 Å². The third kappa shape index (κ3) is 28.1. The van der Waals surface area contributed by atoms with E-state index in [0.29, 0.717) is 31.5 Å². The minimum absolute atomic E-state index is 0.137. The maximum absolute atomic E-state index is 12.0. The molecule has 6 nitrogen and oxygen atoms in total. The highest BCUT2D eigenvalue weighted by atomic mass is 16.6. The molecule has 1 aliphatic heterocycles. The molecule has 1 aliphatic rings. The Morgan fingerprint density at radius 3 is 1.73 bits per heavy atom. The maximum Gasteiger partial charge on any atom is 0.305 e. The number of allylic oxidation sites excluding steroid dienone is 4. The van der Waals surface area contributed by atoms with Crippen molar-refractivity contribution in [2.24, 2.45) is 5.92 Å². The molecule has 45 heavy (non-hydrogen) atoms. The molecule has 0 radical (unpaired) electrons. The number of aliphatic hydroxyl groups is 1. The second-order valence-corrected chi connectivity index (χ2v) is 13.2. The summed E-state index contributed by atoms with van der Waals surface area (Å²) in [5, 5.41) is 10.00. The van der Waals surface area contributed by atoms with Crippen LogP contribution in [0.5, 0.6) is 0 Å². The lowest BCUT2D eigenvalue weighted by Gasteiger charge is -2.12. The first kappa shape index (κ1) is 41.1. The SMILES string of the molecule is CCCCC/C=C\C/C=C\CC1OC1C/C=C\CCCC(=O)OC[C@@H](O)COC(=O)CCCCCCCCCCCCC(C)C. The van der Waals surface area contributed by atoms with Gasteiger partial charge in [0, 0.05) is 12.8 Å². The average molecular weight is 633 g/mol. The van der Waals surface area contributed by atoms with Crippen molar-refractivity contribution < 1.29 is 28.9 Å². The maximum atomic E-state index is 12.0. The van der Waals surface area contributed by atoms with Crippen molar-refractivity contribution in [1.29, 1.82) is 0 Å². The highest BCUT2D eigenvalue weighted by Crippen LogP contribution is 2.29. The molecule has 2 unspecified atom stereocenters. The van der Waals surface area contributed by atoms with Gasteiger partial charge in [0.1, 0.15) is 19.3 Å². The summed E-state index contributed by atoms with van der Waals surface area (Å²) >= 11 is 0. The van der Waals surface area contributed by atoms with E-state index in [4.69, 9.17) is 14.2 Å². The number of hydrogen-bond acceptors (Lipinski definition) is 6. The van der Waals surface area contributed by atoms with Crippen LogP contribution < -0.4 is 0 Å². The first-order valence-electron chi connectivity index (χ1n) is 18.5. The first-order valence-corrected chi connectivity index (χ1v) is 18.5. The third-order valence-electron chi connectivity index (χ3n) is 8.21. The Hall–Kier alpha value is -1.92. The number of rotatable bonds is 31. The number of carbonyl (C=O) groups excluding carboxylic acids is 2. The molecule has 0 aromatic carbocycles. The zero-order valence-corrected chi connectivity index (χ0v) is 29.2. The van der Waals surface area contributed by atoms with Gasteiger partial charge in [0.15, 0.2) is 0 Å². The van der Waals surface area contributed by atoms with Gasteiger partial charge >= 0.3 is 11.9 Å². The first-order chi connectivity index (χ1) is 21.9. The van der Waals surface area contributed by atoms with Gasteiger partial charge in [-0.2, -0.15) is 0 Å². The summed E-state index contributed by atoms with van der Waals surface area (Å²) in [6.07, 6.45) is 36.6. The largest absolute Gasteiger partial charge is 0.463 e. The molecule has 6 heteroatoms. The van der Waals surface area contributed by atoms with Crippen LogP contribution in [0.2, 0.25) is 0 Å². The Balaban J connectivity index is 1.89. The zero-order valence-electron chi connectivity index (χ0n) is 29.2. The van der Waals surface area contributed by atoms with Crippen molar-refractivity contribution in [3.63, 3.8) is 0 Å². The number of unbranched alkanes of at least 4 members (excludes halogenated alkanes) is 13. The third-order valence-corrected chi connectivity index (χ3v) is 8.21. The summed E-state index contributed by atoms with van der Waals surface area (Å²) in [7, 11) is 0. The van der Waals surface area contributed by atoms with Crippen LogP contribution in [0.25, 0.3) is 0 Å². The molecular weight excluding hydrogens is 564 g/mol. The molecular formula is C39H68O6. The van der Waals surface area contributed by atoms with E-state index in [1.54, 1.807) is 0 Å². The molecule has 1 heterocycles. The van der Waals surface area contributed by atoms with Crippen LogP contribution in [-0.2, 0) is 23.8 Å². The Morgan fingerprint density at radius 1 is 0.644 bits per heavy atom. The Labute approximate surface area is 276 Å². The summed E-state index contributed by atoms with van der Waals surface area (Å²) in [6.45, 7) is 6.53. The van der Waals surface area contributed by atoms with Crippen molar-refractivity contribution >= 4 is 11.9 Å². The monoisotopic (exact) mass is 633 g/mol. The van der Waals surface area contributed by atoms with Crippen LogP contribution in [0, 0.1) is 5.92 Å². The van der Waals surface area contributed by atoms with Gasteiger partial charge in [-0.05, 0) is 57.3 Å². The summed E-state index contributed by atoms with van der Waals surface area (Å²) in [5.74, 6) is 0.186. The zero-order chi connectivity index (χ0) is 32.8. The molecule has 0 saturated carbocycles. The number of epoxide rings is 1. The number of carbonyl (C=O) groups is 2. The van der Waals surface area contributed by atoms with E-state index in [-0.39, 0.29) is 25.2 Å². The van der Waals surface area contributed by atoms with Crippen molar-refractivity contribution in [3.8, 4) is 0 Å². The Kier molecular flexibility index (Phi) is 26.9. The van der Waals surface area contributed by atoms with Crippen LogP contribution in [0.1, 0.15) is 162 Å². The van der Waals surface area contributed by atoms with Crippen molar-refractivity contribution in [2.75, 3.05) is 13.2 Å². The lowest BCUT2D eigenvalue weighted by molar-refractivity contribution is -0.152. The number of aliphatic hydroxyl groups excluding tert-OH is 1. The molecule has 3 atom stereocenters. The molecule has 1 N–H and O–H groups in total. The molecule has 0 spiro atoms. The van der Waals surface area contributed by atoms with Crippen LogP contribution in [0.4, 0.5) is 0 Å². The fourth-order valence-corrected chi connectivity index (χ4v) is 5.24. The van der Waals surface area contributed by atoms with E-state index in [1.165, 1.54) is 77.0 Å². The second-order valence-electron chi connectivity index (χ2n) is 13.2. The summed E-state index contributed by atoms with van der Waals surface area (Å²) < 4.78 is 16.0. The van der Waals surface area contributed by atoms with Gasteiger partial charge in [-0.3, -0.25) is 9.59 Å². The van der Waals surface area contributed by atoms with Gasteiger partial charge in [0.2, 0.25) is 0 Å². The molecule has 1 saturated heterocycles. The summed E-state index contributed by atoms with van der Waals surface area (Å²) in [4.78, 5) is 23.9. The second kappa shape index (κ2) is 29.5. The van der Waals surface area contributed by atoms with E-state index in [9.17, 15) is 14.7 Å². The predicted molar refractivity (Wildman–Crippen MR) is 186 cm³/mol. The summed E-state index contributed by atoms with van der Waals surface area (Å²) in [5.41, 5.74) is 0. The number of ether oxygens (including phenoxy) is 3. The molecule has 0 bridgehead atoms. The molecule has 0 aliphatic carbocycles. The predicted octanol–water partition coefficient (Wildman–Crippen LogP) is 10.1. The Bertz CT molecular complexity index is 801. The smallest absolute Gasteiger partial charge is 0.305 e. The topological polar surface area (TPSA) is 85.4 Å². The molecule has 260 valence electrons. The van der Waals surface area contributed by atoms with Gasteiger partial charge < -0.3 is 19.3 Å². The van der Waals surface area contributed by atoms with E-state index in [1.807, 2.05) is 0 Å². The average Bonchev–Trinajstić information content (AvgIpc) is 3.78. The fraction of sp³-hybridized carbons (Fsp3) is 0.795. The molecule has 1 rings (SSSR count). The van der Waals surface area contributed by atoms with Crippen molar-refractivity contribution in [1.82, 2.24) is 0 Å². The minimum atomic E-state index is -0.989.